The number of rotatable bonds is 4. The number of hydrogen-bond acceptors (Lipinski definition) is 3. The fourth-order valence-corrected chi connectivity index (χ4v) is 0.730. The van der Waals surface area contributed by atoms with E-state index in [0.29, 0.717) is 0 Å². The predicted octanol–water partition coefficient (Wildman–Crippen LogP) is 2.65. The average molecular weight is 290 g/mol. The summed E-state index contributed by atoms with van der Waals surface area (Å²) in [6.07, 6.45) is -22.4. The maximum atomic E-state index is 12.6. The zero-order chi connectivity index (χ0) is 14.8. The molecule has 108 valence electrons. The molecular weight excluding hydrogens is 284 g/mol. The van der Waals surface area contributed by atoms with Crippen molar-refractivity contribution in [3.63, 3.8) is 0 Å². The normalized spacial score (nSPS) is 13.9. The third-order valence-electron chi connectivity index (χ3n) is 1.37. The quantitative estimate of drug-likeness (QED) is 0.590. The summed E-state index contributed by atoms with van der Waals surface area (Å²) in [7, 11) is 0. The van der Waals surface area contributed by atoms with E-state index in [-0.39, 0.29) is 0 Å². The van der Waals surface area contributed by atoms with Crippen molar-refractivity contribution >= 4 is 5.97 Å². The molecule has 0 spiro atoms. The summed E-state index contributed by atoms with van der Waals surface area (Å²) in [5.41, 5.74) is 0. The standard InChI is InChI=1S/C7H6F8O3/c1-2-17-4(16)7(14,15)18-3(5(8,9)10)6(11,12)13/h3H,2H2,1H3. The Hall–Kier alpha value is -1.13. The van der Waals surface area contributed by atoms with Crippen LogP contribution in [0.4, 0.5) is 35.1 Å². The molecule has 3 nitrogen and oxygen atoms in total. The highest BCUT2D eigenvalue weighted by atomic mass is 19.4. The molecular formula is C7H6F8O3. The zero-order valence-electron chi connectivity index (χ0n) is 8.53. The third-order valence-corrected chi connectivity index (χ3v) is 1.37. The van der Waals surface area contributed by atoms with Gasteiger partial charge in [-0.15, -0.1) is 0 Å². The van der Waals surface area contributed by atoms with E-state index in [0.717, 1.165) is 6.92 Å². The zero-order valence-corrected chi connectivity index (χ0v) is 8.53. The summed E-state index contributed by atoms with van der Waals surface area (Å²) < 4.78 is 103. The molecule has 0 unspecified atom stereocenters. The first-order valence-electron chi connectivity index (χ1n) is 4.18. The third kappa shape index (κ3) is 4.63. The van der Waals surface area contributed by atoms with Gasteiger partial charge in [-0.05, 0) is 6.92 Å². The Morgan fingerprint density at radius 2 is 1.39 bits per heavy atom. The summed E-state index contributed by atoms with van der Waals surface area (Å²) in [6.45, 7) is 0.361. The van der Waals surface area contributed by atoms with Gasteiger partial charge in [0.15, 0.2) is 0 Å². The summed E-state index contributed by atoms with van der Waals surface area (Å²) >= 11 is 0. The van der Waals surface area contributed by atoms with E-state index in [1.165, 1.54) is 0 Å². The molecule has 11 heteroatoms. The Kier molecular flexibility index (Phi) is 4.91. The van der Waals surface area contributed by atoms with Crippen LogP contribution in [0.2, 0.25) is 0 Å². The van der Waals surface area contributed by atoms with Gasteiger partial charge < -0.3 is 4.74 Å². The molecule has 0 rings (SSSR count). The molecule has 0 amide bonds. The first-order valence-corrected chi connectivity index (χ1v) is 4.18. The number of halogens is 8. The van der Waals surface area contributed by atoms with E-state index in [1.54, 1.807) is 0 Å². The second kappa shape index (κ2) is 5.24. The Labute approximate surface area is 94.6 Å². The number of carbonyl (C=O) groups is 1. The van der Waals surface area contributed by atoms with Gasteiger partial charge in [0.25, 0.3) is 6.10 Å². The summed E-state index contributed by atoms with van der Waals surface area (Å²) in [5.74, 6) is -2.64. The van der Waals surface area contributed by atoms with Gasteiger partial charge in [0.05, 0.1) is 6.61 Å². The molecule has 0 atom stereocenters. The van der Waals surface area contributed by atoms with Gasteiger partial charge in [0, 0.05) is 0 Å². The number of hydrogen-bond donors (Lipinski definition) is 0. The minimum Gasteiger partial charge on any atom is -0.460 e. The highest BCUT2D eigenvalue weighted by Gasteiger charge is 2.63. The van der Waals surface area contributed by atoms with Gasteiger partial charge in [-0.1, -0.05) is 0 Å². The smallest absolute Gasteiger partial charge is 0.457 e. The van der Waals surface area contributed by atoms with Gasteiger partial charge in [0.2, 0.25) is 0 Å². The molecule has 0 heterocycles. The average Bonchev–Trinajstić information content (AvgIpc) is 2.11. The van der Waals surface area contributed by atoms with E-state index in [1.807, 2.05) is 0 Å². The molecule has 0 N–H and O–H groups in total. The van der Waals surface area contributed by atoms with Crippen LogP contribution in [0.5, 0.6) is 0 Å². The molecule has 0 fully saturated rings. The number of carbonyl (C=O) groups excluding carboxylic acids is 1. The van der Waals surface area contributed by atoms with Crippen molar-refractivity contribution in [1.82, 2.24) is 0 Å². The number of esters is 1. The van der Waals surface area contributed by atoms with Crippen LogP contribution in [0.25, 0.3) is 0 Å². The van der Waals surface area contributed by atoms with Gasteiger partial charge in [-0.25, -0.2) is 4.79 Å². The van der Waals surface area contributed by atoms with Crippen molar-refractivity contribution in [2.75, 3.05) is 6.61 Å². The summed E-state index contributed by atoms with van der Waals surface area (Å²) in [5, 5.41) is 0. The predicted molar refractivity (Wildman–Crippen MR) is 38.6 cm³/mol. The second-order valence-corrected chi connectivity index (χ2v) is 2.82. The van der Waals surface area contributed by atoms with E-state index in [9.17, 15) is 39.9 Å². The van der Waals surface area contributed by atoms with E-state index < -0.39 is 37.1 Å². The molecule has 0 radical (unpaired) electrons. The lowest BCUT2D eigenvalue weighted by Gasteiger charge is -2.26. The van der Waals surface area contributed by atoms with Crippen molar-refractivity contribution in [2.24, 2.45) is 0 Å². The van der Waals surface area contributed by atoms with Gasteiger partial charge in [-0.3, -0.25) is 4.74 Å². The molecule has 0 saturated heterocycles. The fourth-order valence-electron chi connectivity index (χ4n) is 0.730. The van der Waals surface area contributed by atoms with E-state index in [4.69, 9.17) is 0 Å². The highest BCUT2D eigenvalue weighted by Crippen LogP contribution is 2.39. The Morgan fingerprint density at radius 3 is 1.67 bits per heavy atom. The Balaban J connectivity index is 5.06. The first-order chi connectivity index (χ1) is 7.82. The number of alkyl halides is 8. The van der Waals surface area contributed by atoms with Crippen molar-refractivity contribution in [1.29, 1.82) is 0 Å². The molecule has 0 aliphatic rings. The van der Waals surface area contributed by atoms with Crippen molar-refractivity contribution < 1.29 is 49.4 Å². The molecule has 0 saturated carbocycles. The van der Waals surface area contributed by atoms with Crippen LogP contribution in [0, 0.1) is 0 Å². The van der Waals surface area contributed by atoms with Crippen molar-refractivity contribution in [3.05, 3.63) is 0 Å². The monoisotopic (exact) mass is 290 g/mol. The van der Waals surface area contributed by atoms with Crippen molar-refractivity contribution in [2.45, 2.75) is 31.5 Å². The van der Waals surface area contributed by atoms with Crippen LogP contribution < -0.4 is 0 Å². The van der Waals surface area contributed by atoms with Crippen LogP contribution in [-0.4, -0.2) is 37.1 Å². The maximum Gasteiger partial charge on any atom is 0.457 e. The van der Waals surface area contributed by atoms with Crippen LogP contribution in [0.1, 0.15) is 6.92 Å². The van der Waals surface area contributed by atoms with Crippen LogP contribution >= 0.6 is 0 Å². The van der Waals surface area contributed by atoms with E-state index in [2.05, 4.69) is 9.47 Å². The topological polar surface area (TPSA) is 35.5 Å². The molecule has 0 aliphatic heterocycles. The molecule has 0 aromatic rings. The molecule has 0 bridgehead atoms. The lowest BCUT2D eigenvalue weighted by Crippen LogP contribution is -2.50. The van der Waals surface area contributed by atoms with Gasteiger partial charge in [-0.2, -0.15) is 35.1 Å². The second-order valence-electron chi connectivity index (χ2n) is 2.82. The van der Waals surface area contributed by atoms with E-state index >= 15 is 0 Å². The Morgan fingerprint density at radius 1 is 1.00 bits per heavy atom. The number of ether oxygens (including phenoxy) is 2. The van der Waals surface area contributed by atoms with Crippen LogP contribution in [-0.2, 0) is 14.3 Å². The minimum atomic E-state index is -6.14. The van der Waals surface area contributed by atoms with Crippen LogP contribution in [0.3, 0.4) is 0 Å². The van der Waals surface area contributed by atoms with Crippen LogP contribution in [0.15, 0.2) is 0 Å². The Bertz CT molecular complexity index is 280. The summed E-state index contributed by atoms with van der Waals surface area (Å²) in [4.78, 5) is 10.4. The summed E-state index contributed by atoms with van der Waals surface area (Å²) in [6, 6.07) is 0. The molecule has 18 heavy (non-hydrogen) atoms. The molecule has 0 aromatic heterocycles. The maximum absolute atomic E-state index is 12.6. The lowest BCUT2D eigenvalue weighted by molar-refractivity contribution is -0.379. The lowest BCUT2D eigenvalue weighted by atomic mass is 10.3. The largest absolute Gasteiger partial charge is 0.460 e. The minimum absolute atomic E-state index is 0.666. The van der Waals surface area contributed by atoms with Gasteiger partial charge >= 0.3 is 24.4 Å². The fraction of sp³-hybridized carbons (Fsp3) is 0.857. The first kappa shape index (κ1) is 16.9. The van der Waals surface area contributed by atoms with Crippen molar-refractivity contribution in [3.8, 4) is 0 Å². The molecule has 0 aliphatic carbocycles. The van der Waals surface area contributed by atoms with Gasteiger partial charge in [0.1, 0.15) is 0 Å². The molecule has 0 aromatic carbocycles. The highest BCUT2D eigenvalue weighted by molar-refractivity contribution is 5.75. The SMILES string of the molecule is CCOC(=O)C(F)(F)OC(C(F)(F)F)C(F)(F)F.